The van der Waals surface area contributed by atoms with Crippen molar-refractivity contribution in [2.75, 3.05) is 38.2 Å². The monoisotopic (exact) mass is 717 g/mol. The second kappa shape index (κ2) is 17.7. The number of methoxy groups -OCH3 is 1. The van der Waals surface area contributed by atoms with Crippen molar-refractivity contribution in [1.82, 2.24) is 25.8 Å². The first kappa shape index (κ1) is 39.4. The van der Waals surface area contributed by atoms with Gasteiger partial charge in [0.1, 0.15) is 17.6 Å². The van der Waals surface area contributed by atoms with E-state index >= 15 is 0 Å². The first-order chi connectivity index (χ1) is 24.8. The van der Waals surface area contributed by atoms with Crippen LogP contribution in [0.1, 0.15) is 72.0 Å². The Morgan fingerprint density at radius 2 is 1.73 bits per heavy atom. The van der Waals surface area contributed by atoms with Crippen LogP contribution < -0.4 is 31.3 Å². The summed E-state index contributed by atoms with van der Waals surface area (Å²) in [6.45, 7) is 12.1. The molecule has 1 aliphatic heterocycles. The minimum Gasteiger partial charge on any atom is -0.497 e. The van der Waals surface area contributed by atoms with Gasteiger partial charge < -0.3 is 36.3 Å². The number of ether oxygens (including phenoxy) is 1. The van der Waals surface area contributed by atoms with Crippen LogP contribution in [0, 0.1) is 19.7 Å². The van der Waals surface area contributed by atoms with Gasteiger partial charge in [-0.1, -0.05) is 26.0 Å². The van der Waals surface area contributed by atoms with Crippen LogP contribution in [0.5, 0.6) is 5.75 Å². The van der Waals surface area contributed by atoms with Crippen LogP contribution in [0.4, 0.5) is 10.1 Å². The number of aromatic amines is 1. The van der Waals surface area contributed by atoms with Gasteiger partial charge in [-0.05, 0) is 87.8 Å². The molecule has 1 aromatic heterocycles. The molecule has 278 valence electrons. The van der Waals surface area contributed by atoms with Crippen LogP contribution in [0.3, 0.4) is 0 Å². The van der Waals surface area contributed by atoms with Crippen molar-refractivity contribution >= 4 is 46.9 Å². The lowest BCUT2D eigenvalue weighted by atomic mass is 10.0. The highest BCUT2D eigenvalue weighted by molar-refractivity contribution is 6.42. The normalized spacial score (nSPS) is 14.3. The molecule has 2 heterocycles. The van der Waals surface area contributed by atoms with Crippen LogP contribution in [0.2, 0.25) is 0 Å². The van der Waals surface area contributed by atoms with E-state index in [4.69, 9.17) is 10.5 Å². The number of carbonyl (C=O) groups is 5. The van der Waals surface area contributed by atoms with Crippen molar-refractivity contribution < 1.29 is 33.1 Å². The number of imide groups is 1. The molecule has 0 saturated carbocycles. The first-order valence-electron chi connectivity index (χ1n) is 17.3. The molecule has 5 amide bonds. The number of nitrogens with two attached hydrogens (primary N) is 1. The number of nitrogens with one attached hydrogen (secondary N) is 4. The molecule has 4 rings (SSSR count). The van der Waals surface area contributed by atoms with E-state index in [1.807, 2.05) is 0 Å². The predicted molar refractivity (Wildman–Crippen MR) is 197 cm³/mol. The number of aromatic nitrogens is 1. The van der Waals surface area contributed by atoms with Gasteiger partial charge in [0.15, 0.2) is 0 Å². The highest BCUT2D eigenvalue weighted by Gasteiger charge is 2.38. The summed E-state index contributed by atoms with van der Waals surface area (Å²) in [7, 11) is 1.55. The molecule has 6 N–H and O–H groups in total. The Morgan fingerprint density at radius 1 is 1.04 bits per heavy atom. The Balaban J connectivity index is 1.53. The summed E-state index contributed by atoms with van der Waals surface area (Å²) in [5, 5.41) is 8.31. The van der Waals surface area contributed by atoms with E-state index in [2.05, 4.69) is 39.7 Å². The molecule has 0 unspecified atom stereocenters. The van der Waals surface area contributed by atoms with E-state index in [0.717, 1.165) is 29.6 Å². The van der Waals surface area contributed by atoms with Gasteiger partial charge in [-0.15, -0.1) is 0 Å². The van der Waals surface area contributed by atoms with Crippen molar-refractivity contribution in [3.8, 4) is 5.75 Å². The highest BCUT2D eigenvalue weighted by atomic mass is 19.1. The summed E-state index contributed by atoms with van der Waals surface area (Å²) >= 11 is 0. The Bertz CT molecular complexity index is 1830. The number of rotatable bonds is 16. The van der Waals surface area contributed by atoms with Gasteiger partial charge in [0.05, 0.1) is 30.0 Å². The van der Waals surface area contributed by atoms with Crippen LogP contribution in [0.15, 0.2) is 42.5 Å². The third-order valence-electron chi connectivity index (χ3n) is 9.09. The number of halogens is 1. The Hall–Kier alpha value is -5.34. The first-order valence-corrected chi connectivity index (χ1v) is 17.3. The van der Waals surface area contributed by atoms with Gasteiger partial charge in [0.2, 0.25) is 17.7 Å². The molecule has 2 atom stereocenters. The van der Waals surface area contributed by atoms with Gasteiger partial charge in [-0.25, -0.2) is 9.29 Å². The third kappa shape index (κ3) is 9.30. The maximum Gasteiger partial charge on any atom is 0.265 e. The van der Waals surface area contributed by atoms with Crippen molar-refractivity contribution in [1.29, 1.82) is 0 Å². The standard InChI is InChI=1S/C38H48FN7O6/c1-7-45(8-2)18-17-41-37(50)34-22(3)31(43-24(34)5)20-29-28-19-26(39)11-15-32(28)46(38(29)51)33(47)16-14-30(44-35(48)23(4)40)36(49)42-21-25-9-12-27(52-6)13-10-25/h9-13,15,19-20,23,30,43H,7-8,14,16-18,21,40H2,1-6H3,(H,41,50)(H,42,49)(H,44,48)/b29-20-/t23-,30-/m0/s1. The lowest BCUT2D eigenvalue weighted by molar-refractivity contribution is -0.130. The van der Waals surface area contributed by atoms with Crippen molar-refractivity contribution in [3.63, 3.8) is 0 Å². The van der Waals surface area contributed by atoms with E-state index in [9.17, 15) is 28.4 Å². The van der Waals surface area contributed by atoms with E-state index in [0.29, 0.717) is 41.4 Å². The van der Waals surface area contributed by atoms with Crippen LogP contribution >= 0.6 is 0 Å². The number of carbonyl (C=O) groups excluding carboxylic acids is 5. The summed E-state index contributed by atoms with van der Waals surface area (Å²) in [6.07, 6.45) is 1.06. The van der Waals surface area contributed by atoms with Gasteiger partial charge in [0.25, 0.3) is 11.8 Å². The SMILES string of the molecule is CCN(CC)CCNC(=O)c1c(C)[nH]c(/C=C2\C(=O)N(C(=O)CC[C@H](NC(=O)[C@H](C)N)C(=O)NCc3ccc(OC)cc3)c3ccc(F)cc32)c1C. The number of anilines is 1. The molecule has 0 bridgehead atoms. The van der Waals surface area contributed by atoms with Crippen molar-refractivity contribution in [2.45, 2.75) is 66.1 Å². The molecular formula is C38H48FN7O6. The quantitative estimate of drug-likeness (QED) is 0.140. The minimum absolute atomic E-state index is 0.0553. The summed E-state index contributed by atoms with van der Waals surface area (Å²) in [5.41, 5.74) is 9.04. The fourth-order valence-corrected chi connectivity index (χ4v) is 6.02. The third-order valence-corrected chi connectivity index (χ3v) is 9.09. The van der Waals surface area contributed by atoms with Crippen LogP contribution in [-0.2, 0) is 25.7 Å². The number of hydrogen-bond donors (Lipinski definition) is 5. The lowest BCUT2D eigenvalue weighted by Gasteiger charge is -2.21. The van der Waals surface area contributed by atoms with Gasteiger partial charge in [0, 0.05) is 43.0 Å². The molecule has 13 nitrogen and oxygen atoms in total. The fourth-order valence-electron chi connectivity index (χ4n) is 6.02. The summed E-state index contributed by atoms with van der Waals surface area (Å²) < 4.78 is 19.7. The zero-order valence-electron chi connectivity index (χ0n) is 30.5. The molecule has 3 aromatic rings. The number of hydrogen-bond acceptors (Lipinski definition) is 8. The number of aryl methyl sites for hydroxylation is 1. The second-order valence-electron chi connectivity index (χ2n) is 12.7. The van der Waals surface area contributed by atoms with E-state index in [1.165, 1.54) is 25.1 Å². The number of amides is 5. The average Bonchev–Trinajstić information content (AvgIpc) is 3.56. The van der Waals surface area contributed by atoms with E-state index in [-0.39, 0.29) is 42.1 Å². The number of benzene rings is 2. The van der Waals surface area contributed by atoms with E-state index < -0.39 is 41.5 Å². The van der Waals surface area contributed by atoms with Crippen LogP contribution in [0.25, 0.3) is 11.6 Å². The zero-order valence-corrected chi connectivity index (χ0v) is 30.5. The molecule has 0 aliphatic carbocycles. The predicted octanol–water partition coefficient (Wildman–Crippen LogP) is 3.19. The average molecular weight is 718 g/mol. The number of likely N-dealkylation sites (N-methyl/N-ethyl adjacent to an activating group) is 1. The van der Waals surface area contributed by atoms with Gasteiger partial charge in [-0.2, -0.15) is 0 Å². The molecule has 0 saturated heterocycles. The summed E-state index contributed by atoms with van der Waals surface area (Å²) in [6, 6.07) is 8.68. The van der Waals surface area contributed by atoms with Crippen LogP contribution in [-0.4, -0.2) is 84.8 Å². The van der Waals surface area contributed by atoms with Gasteiger partial charge in [-0.3, -0.25) is 24.0 Å². The van der Waals surface area contributed by atoms with Crippen molar-refractivity contribution in [3.05, 3.63) is 81.9 Å². The molecular weight excluding hydrogens is 669 g/mol. The zero-order chi connectivity index (χ0) is 38.1. The summed E-state index contributed by atoms with van der Waals surface area (Å²) in [4.78, 5) is 72.9. The highest BCUT2D eigenvalue weighted by Crippen LogP contribution is 2.39. The number of fused-ring (bicyclic) bond motifs is 1. The number of nitrogens with zero attached hydrogens (tertiary/aromatic N) is 2. The van der Waals surface area contributed by atoms with E-state index in [1.54, 1.807) is 45.2 Å². The molecule has 14 heteroatoms. The lowest BCUT2D eigenvalue weighted by Crippen LogP contribution is -2.51. The molecule has 0 radical (unpaired) electrons. The smallest absolute Gasteiger partial charge is 0.265 e. The second-order valence-corrected chi connectivity index (χ2v) is 12.7. The van der Waals surface area contributed by atoms with Gasteiger partial charge >= 0.3 is 0 Å². The Morgan fingerprint density at radius 3 is 2.37 bits per heavy atom. The largest absolute Gasteiger partial charge is 0.497 e. The van der Waals surface area contributed by atoms with Crippen molar-refractivity contribution in [2.24, 2.45) is 5.73 Å². The molecule has 2 aromatic carbocycles. The maximum absolute atomic E-state index is 14.6. The Labute approximate surface area is 303 Å². The number of H-pyrrole nitrogens is 1. The molecule has 1 aliphatic rings. The molecule has 0 spiro atoms. The minimum atomic E-state index is -1.14. The molecule has 0 fully saturated rings. The fraction of sp³-hybridized carbons (Fsp3) is 0.395. The Kier molecular flexibility index (Phi) is 13.5. The maximum atomic E-state index is 14.6. The summed E-state index contributed by atoms with van der Waals surface area (Å²) in [5.74, 6) is -2.69. The topological polar surface area (TPSA) is 179 Å². The molecule has 52 heavy (non-hydrogen) atoms.